The van der Waals surface area contributed by atoms with Crippen LogP contribution in [0.4, 0.5) is 5.95 Å². The van der Waals surface area contributed by atoms with Crippen molar-refractivity contribution in [1.82, 2.24) is 19.3 Å². The maximum Gasteiger partial charge on any atom is 0.345 e. The third-order valence-electron chi connectivity index (χ3n) is 5.43. The maximum absolute atomic E-state index is 13.3. The number of pyridine rings is 1. The number of ether oxygens (including phenoxy) is 1. The molecule has 8 nitrogen and oxygen atoms in total. The van der Waals surface area contributed by atoms with Crippen LogP contribution >= 0.6 is 11.3 Å². The molecular formula is C21H21N5O3S. The van der Waals surface area contributed by atoms with Crippen LogP contribution in [0, 0.1) is 0 Å². The SMILES string of the molecule is CCOC(=O)c1c(=O)c2cnc(N3CCN(C)CC3)nc2n2c1sc1ccccc12. The molecule has 4 aromatic rings. The van der Waals surface area contributed by atoms with Crippen molar-refractivity contribution < 1.29 is 9.53 Å². The first-order valence-corrected chi connectivity index (χ1v) is 10.7. The maximum atomic E-state index is 13.3. The first kappa shape index (κ1) is 19.0. The number of para-hydroxylation sites is 1. The average Bonchev–Trinajstić information content (AvgIpc) is 3.13. The summed E-state index contributed by atoms with van der Waals surface area (Å²) in [6.07, 6.45) is 1.54. The Morgan fingerprint density at radius 2 is 1.97 bits per heavy atom. The summed E-state index contributed by atoms with van der Waals surface area (Å²) < 4.78 is 8.05. The third-order valence-corrected chi connectivity index (χ3v) is 6.58. The minimum absolute atomic E-state index is 0.0431. The molecule has 30 heavy (non-hydrogen) atoms. The number of carbonyl (C=O) groups excluding carboxylic acids is 1. The number of hydrogen-bond acceptors (Lipinski definition) is 8. The molecule has 1 saturated heterocycles. The first-order valence-electron chi connectivity index (χ1n) is 9.92. The summed E-state index contributed by atoms with van der Waals surface area (Å²) in [5.41, 5.74) is 1.07. The van der Waals surface area contributed by atoms with Gasteiger partial charge in [0.1, 0.15) is 10.4 Å². The minimum Gasteiger partial charge on any atom is -0.462 e. The molecule has 0 saturated carbocycles. The van der Waals surface area contributed by atoms with E-state index >= 15 is 0 Å². The van der Waals surface area contributed by atoms with Crippen LogP contribution in [0.5, 0.6) is 0 Å². The second kappa shape index (κ2) is 7.33. The highest BCUT2D eigenvalue weighted by atomic mass is 32.1. The molecule has 9 heteroatoms. The van der Waals surface area contributed by atoms with Crippen LogP contribution in [0.15, 0.2) is 35.3 Å². The Morgan fingerprint density at radius 3 is 2.73 bits per heavy atom. The Balaban J connectivity index is 1.82. The van der Waals surface area contributed by atoms with E-state index in [2.05, 4.69) is 21.8 Å². The smallest absolute Gasteiger partial charge is 0.345 e. The Morgan fingerprint density at radius 1 is 1.20 bits per heavy atom. The van der Waals surface area contributed by atoms with Gasteiger partial charge in [-0.3, -0.25) is 9.20 Å². The molecule has 0 amide bonds. The van der Waals surface area contributed by atoms with Crippen LogP contribution in [-0.2, 0) is 4.74 Å². The van der Waals surface area contributed by atoms with E-state index in [4.69, 9.17) is 9.72 Å². The minimum atomic E-state index is -0.614. The topological polar surface area (TPSA) is 80.0 Å². The highest BCUT2D eigenvalue weighted by molar-refractivity contribution is 7.24. The Labute approximate surface area is 176 Å². The lowest BCUT2D eigenvalue weighted by Crippen LogP contribution is -2.45. The van der Waals surface area contributed by atoms with E-state index in [1.165, 1.54) is 11.3 Å². The van der Waals surface area contributed by atoms with Gasteiger partial charge in [-0.1, -0.05) is 12.1 Å². The van der Waals surface area contributed by atoms with Gasteiger partial charge in [0.15, 0.2) is 5.65 Å². The van der Waals surface area contributed by atoms with Gasteiger partial charge in [0.25, 0.3) is 0 Å². The number of aromatic nitrogens is 3. The van der Waals surface area contributed by atoms with Crippen LogP contribution < -0.4 is 10.3 Å². The molecule has 4 heterocycles. The zero-order valence-electron chi connectivity index (χ0n) is 16.8. The largest absolute Gasteiger partial charge is 0.462 e. The van der Waals surface area contributed by atoms with Gasteiger partial charge in [0.05, 0.1) is 22.2 Å². The number of benzene rings is 1. The van der Waals surface area contributed by atoms with Crippen molar-refractivity contribution in [3.8, 4) is 0 Å². The van der Waals surface area contributed by atoms with Gasteiger partial charge in [-0.05, 0) is 26.1 Å². The predicted molar refractivity (Wildman–Crippen MR) is 118 cm³/mol. The highest BCUT2D eigenvalue weighted by Crippen LogP contribution is 2.31. The number of rotatable bonds is 3. The molecule has 0 unspecified atom stereocenters. The fourth-order valence-corrected chi connectivity index (χ4v) is 5.00. The summed E-state index contributed by atoms with van der Waals surface area (Å²) in [6.45, 7) is 5.44. The first-order chi connectivity index (χ1) is 14.6. The number of nitrogens with zero attached hydrogens (tertiary/aromatic N) is 5. The van der Waals surface area contributed by atoms with Crippen molar-refractivity contribution in [3.05, 3.63) is 46.2 Å². The molecule has 0 spiro atoms. The zero-order chi connectivity index (χ0) is 20.8. The molecule has 1 aliphatic rings. The van der Waals surface area contributed by atoms with E-state index in [0.29, 0.717) is 21.8 Å². The molecule has 1 aliphatic heterocycles. The van der Waals surface area contributed by atoms with E-state index in [-0.39, 0.29) is 17.6 Å². The summed E-state index contributed by atoms with van der Waals surface area (Å²) in [7, 11) is 2.09. The number of anilines is 1. The van der Waals surface area contributed by atoms with Crippen LogP contribution in [-0.4, -0.2) is 65.1 Å². The molecule has 1 fully saturated rings. The normalized spacial score (nSPS) is 15.3. The van der Waals surface area contributed by atoms with Crippen molar-refractivity contribution in [2.75, 3.05) is 44.7 Å². The summed E-state index contributed by atoms with van der Waals surface area (Å²) in [4.78, 5) is 40.1. The van der Waals surface area contributed by atoms with Crippen LogP contribution in [0.25, 0.3) is 26.1 Å². The summed E-state index contributed by atoms with van der Waals surface area (Å²) in [5.74, 6) is -0.0143. The predicted octanol–water partition coefficient (Wildman–Crippen LogP) is 2.39. The van der Waals surface area contributed by atoms with Crippen LogP contribution in [0.3, 0.4) is 0 Å². The number of carbonyl (C=O) groups is 1. The standard InChI is InChI=1S/C21H21N5O3S/c1-3-29-20(28)16-17(27)13-12-22-21(25-10-8-24(2)9-11-25)23-18(13)26-14-6-4-5-7-15(14)30-19(16)26/h4-7,12H,3,8-11H2,1-2H3. The summed E-state index contributed by atoms with van der Waals surface area (Å²) >= 11 is 1.39. The summed E-state index contributed by atoms with van der Waals surface area (Å²) in [5, 5.41) is 0.317. The Bertz CT molecular complexity index is 1340. The monoisotopic (exact) mass is 423 g/mol. The van der Waals surface area contributed by atoms with E-state index in [1.54, 1.807) is 13.1 Å². The fourth-order valence-electron chi connectivity index (χ4n) is 3.83. The van der Waals surface area contributed by atoms with E-state index < -0.39 is 5.97 Å². The van der Waals surface area contributed by atoms with Crippen molar-refractivity contribution in [3.63, 3.8) is 0 Å². The van der Waals surface area contributed by atoms with Gasteiger partial charge in [0, 0.05) is 32.4 Å². The molecule has 0 bridgehead atoms. The van der Waals surface area contributed by atoms with E-state index in [9.17, 15) is 9.59 Å². The number of likely N-dealkylation sites (N-methyl/N-ethyl adjacent to an activating group) is 1. The van der Waals surface area contributed by atoms with Crippen molar-refractivity contribution in [2.24, 2.45) is 0 Å². The summed E-state index contributed by atoms with van der Waals surface area (Å²) in [6, 6.07) is 7.81. The average molecular weight is 423 g/mol. The number of piperazine rings is 1. The Kier molecular flexibility index (Phi) is 4.63. The van der Waals surface area contributed by atoms with Gasteiger partial charge in [-0.2, -0.15) is 4.98 Å². The Hall–Kier alpha value is -3.04. The number of fused-ring (bicyclic) bond motifs is 5. The fraction of sp³-hybridized carbons (Fsp3) is 0.333. The van der Waals surface area contributed by atoms with Gasteiger partial charge in [-0.15, -0.1) is 11.3 Å². The quantitative estimate of drug-likeness (QED) is 0.468. The molecule has 0 atom stereocenters. The van der Waals surface area contributed by atoms with E-state index in [0.717, 1.165) is 36.4 Å². The van der Waals surface area contributed by atoms with Crippen LogP contribution in [0.2, 0.25) is 0 Å². The number of esters is 1. The van der Waals surface area contributed by atoms with Crippen LogP contribution in [0.1, 0.15) is 17.3 Å². The molecule has 0 radical (unpaired) electrons. The van der Waals surface area contributed by atoms with Gasteiger partial charge in [-0.25, -0.2) is 9.78 Å². The molecule has 154 valence electrons. The van der Waals surface area contributed by atoms with Gasteiger partial charge >= 0.3 is 5.97 Å². The lowest BCUT2D eigenvalue weighted by molar-refractivity contribution is 0.0527. The second-order valence-corrected chi connectivity index (χ2v) is 8.36. The molecule has 0 aliphatic carbocycles. The van der Waals surface area contributed by atoms with Crippen molar-refractivity contribution in [2.45, 2.75) is 6.92 Å². The zero-order valence-corrected chi connectivity index (χ0v) is 17.6. The number of hydrogen-bond donors (Lipinski definition) is 0. The molecule has 1 aromatic carbocycles. The van der Waals surface area contributed by atoms with Crippen molar-refractivity contribution >= 4 is 49.3 Å². The lowest BCUT2D eigenvalue weighted by Gasteiger charge is -2.32. The van der Waals surface area contributed by atoms with Crippen molar-refractivity contribution in [1.29, 1.82) is 0 Å². The highest BCUT2D eigenvalue weighted by Gasteiger charge is 2.25. The van der Waals surface area contributed by atoms with Gasteiger partial charge in [0.2, 0.25) is 11.4 Å². The molecule has 5 rings (SSSR count). The van der Waals surface area contributed by atoms with E-state index in [1.807, 2.05) is 28.7 Å². The molecule has 3 aromatic heterocycles. The molecular weight excluding hydrogens is 402 g/mol. The van der Waals surface area contributed by atoms with Gasteiger partial charge < -0.3 is 14.5 Å². The lowest BCUT2D eigenvalue weighted by atomic mass is 10.2. The third kappa shape index (κ3) is 2.93. The number of thiazole rings is 1. The second-order valence-electron chi connectivity index (χ2n) is 7.33. The molecule has 0 N–H and O–H groups in total.